The van der Waals surface area contributed by atoms with E-state index in [0.29, 0.717) is 12.3 Å². The van der Waals surface area contributed by atoms with Gasteiger partial charge in [0, 0.05) is 24.7 Å². The number of nitrogens with zero attached hydrogens (tertiary/aromatic N) is 2. The molecule has 1 atom stereocenters. The van der Waals surface area contributed by atoms with E-state index in [2.05, 4.69) is 5.32 Å². The Bertz CT molecular complexity index is 1400. The Morgan fingerprint density at radius 2 is 1.59 bits per heavy atom. The third kappa shape index (κ3) is 6.85. The number of methoxy groups -OCH3 is 2. The molecular formula is C28H32FN3O6S. The largest absolute Gasteiger partial charge is 0.493 e. The van der Waals surface area contributed by atoms with Crippen molar-refractivity contribution in [3.63, 3.8) is 0 Å². The fraction of sp³-hybridized carbons (Fsp3) is 0.286. The van der Waals surface area contributed by atoms with E-state index in [1.807, 2.05) is 0 Å². The number of carbonyl (C=O) groups excluding carboxylic acids is 2. The predicted octanol–water partition coefficient (Wildman–Crippen LogP) is 3.59. The average molecular weight is 558 g/mol. The Kier molecular flexibility index (Phi) is 9.89. The number of hydrogen-bond donors (Lipinski definition) is 1. The highest BCUT2D eigenvalue weighted by Gasteiger charge is 2.33. The van der Waals surface area contributed by atoms with Crippen molar-refractivity contribution >= 4 is 27.5 Å². The second-order valence-electron chi connectivity index (χ2n) is 8.55. The molecule has 2 amide bonds. The first-order valence-corrected chi connectivity index (χ1v) is 13.7. The molecule has 0 aliphatic rings. The molecule has 3 aromatic carbocycles. The summed E-state index contributed by atoms with van der Waals surface area (Å²) in [6.45, 7) is 2.67. The molecule has 3 aromatic rings. The molecule has 0 unspecified atom stereocenters. The van der Waals surface area contributed by atoms with Crippen LogP contribution in [0.3, 0.4) is 0 Å². The zero-order valence-electron chi connectivity index (χ0n) is 22.3. The summed E-state index contributed by atoms with van der Waals surface area (Å²) in [6.07, 6.45) is 0. The van der Waals surface area contributed by atoms with Crippen LogP contribution in [0.2, 0.25) is 0 Å². The minimum Gasteiger partial charge on any atom is -0.493 e. The summed E-state index contributed by atoms with van der Waals surface area (Å²) < 4.78 is 53.7. The van der Waals surface area contributed by atoms with E-state index in [1.165, 1.54) is 69.7 Å². The van der Waals surface area contributed by atoms with Crippen molar-refractivity contribution in [1.82, 2.24) is 10.2 Å². The second-order valence-corrected chi connectivity index (χ2v) is 10.4. The molecule has 0 bridgehead atoms. The fourth-order valence-corrected chi connectivity index (χ4v) is 5.37. The molecule has 9 nitrogen and oxygen atoms in total. The van der Waals surface area contributed by atoms with E-state index in [-0.39, 0.29) is 28.4 Å². The molecule has 0 spiro atoms. The minimum absolute atomic E-state index is 0.0370. The van der Waals surface area contributed by atoms with E-state index in [4.69, 9.17) is 9.47 Å². The van der Waals surface area contributed by atoms with Crippen molar-refractivity contribution < 1.29 is 31.9 Å². The van der Waals surface area contributed by atoms with Crippen LogP contribution < -0.4 is 19.1 Å². The molecule has 11 heteroatoms. The van der Waals surface area contributed by atoms with Gasteiger partial charge in [0.05, 0.1) is 24.8 Å². The Morgan fingerprint density at radius 3 is 2.21 bits per heavy atom. The van der Waals surface area contributed by atoms with Crippen LogP contribution in [0.4, 0.5) is 10.1 Å². The van der Waals surface area contributed by atoms with Crippen LogP contribution >= 0.6 is 0 Å². The van der Waals surface area contributed by atoms with Crippen LogP contribution in [0.15, 0.2) is 77.7 Å². The number of likely N-dealkylation sites (N-methyl/N-ethyl adjacent to an activating group) is 1. The summed E-state index contributed by atoms with van der Waals surface area (Å²) in [5.41, 5.74) is 0.326. The van der Waals surface area contributed by atoms with Crippen LogP contribution in [0.5, 0.6) is 11.5 Å². The number of benzene rings is 3. The van der Waals surface area contributed by atoms with E-state index in [9.17, 15) is 22.4 Å². The lowest BCUT2D eigenvalue weighted by atomic mass is 10.1. The smallest absolute Gasteiger partial charge is 0.264 e. The first kappa shape index (κ1) is 29.4. The van der Waals surface area contributed by atoms with Gasteiger partial charge < -0.3 is 19.7 Å². The molecule has 1 N–H and O–H groups in total. The van der Waals surface area contributed by atoms with Gasteiger partial charge in [-0.05, 0) is 44.2 Å². The number of hydrogen-bond acceptors (Lipinski definition) is 6. The first-order chi connectivity index (χ1) is 18.6. The van der Waals surface area contributed by atoms with E-state index >= 15 is 0 Å². The number of rotatable bonds is 12. The zero-order valence-corrected chi connectivity index (χ0v) is 23.1. The molecule has 0 saturated heterocycles. The maximum Gasteiger partial charge on any atom is 0.264 e. The van der Waals surface area contributed by atoms with E-state index < -0.39 is 40.2 Å². The number of sulfonamides is 1. The summed E-state index contributed by atoms with van der Waals surface area (Å²) >= 11 is 0. The molecule has 0 aliphatic carbocycles. The molecule has 0 radical (unpaired) electrons. The van der Waals surface area contributed by atoms with Crippen LogP contribution in [-0.4, -0.2) is 58.5 Å². The highest BCUT2D eigenvalue weighted by molar-refractivity contribution is 7.92. The highest BCUT2D eigenvalue weighted by Crippen LogP contribution is 2.34. The van der Waals surface area contributed by atoms with Gasteiger partial charge in [0.15, 0.2) is 11.5 Å². The lowest BCUT2D eigenvalue weighted by Gasteiger charge is -2.32. The number of amides is 2. The van der Waals surface area contributed by atoms with Crippen molar-refractivity contribution in [1.29, 1.82) is 0 Å². The molecule has 0 saturated carbocycles. The van der Waals surface area contributed by atoms with Gasteiger partial charge in [-0.1, -0.05) is 36.4 Å². The Morgan fingerprint density at radius 1 is 0.949 bits per heavy atom. The lowest BCUT2D eigenvalue weighted by Crippen LogP contribution is -2.51. The van der Waals surface area contributed by atoms with Crippen molar-refractivity contribution in [3.8, 4) is 11.5 Å². The Balaban J connectivity index is 2.09. The highest BCUT2D eigenvalue weighted by atomic mass is 32.2. The number of halogens is 1. The summed E-state index contributed by atoms with van der Waals surface area (Å²) in [7, 11) is -1.39. The number of nitrogens with one attached hydrogen (secondary N) is 1. The molecule has 39 heavy (non-hydrogen) atoms. The Hall–Kier alpha value is -4.12. The summed E-state index contributed by atoms with van der Waals surface area (Å²) in [6, 6.07) is 17.0. The minimum atomic E-state index is -4.25. The van der Waals surface area contributed by atoms with Gasteiger partial charge >= 0.3 is 0 Å². The van der Waals surface area contributed by atoms with Gasteiger partial charge in [-0.15, -0.1) is 0 Å². The topological polar surface area (TPSA) is 105 Å². The first-order valence-electron chi connectivity index (χ1n) is 12.2. The summed E-state index contributed by atoms with van der Waals surface area (Å²) in [5, 5.41) is 2.66. The third-order valence-electron chi connectivity index (χ3n) is 6.08. The van der Waals surface area contributed by atoms with Crippen molar-refractivity contribution in [2.45, 2.75) is 31.3 Å². The quantitative estimate of drug-likeness (QED) is 0.365. The summed E-state index contributed by atoms with van der Waals surface area (Å²) in [5.74, 6) is -1.07. The zero-order chi connectivity index (χ0) is 28.6. The molecule has 208 valence electrons. The van der Waals surface area contributed by atoms with Crippen LogP contribution in [0.25, 0.3) is 0 Å². The molecule has 0 aromatic heterocycles. The second kappa shape index (κ2) is 13.1. The average Bonchev–Trinajstić information content (AvgIpc) is 2.95. The van der Waals surface area contributed by atoms with Crippen LogP contribution in [0.1, 0.15) is 19.4 Å². The standard InChI is InChI=1S/C28H32FN3O6S/c1-5-30-28(34)20(2)31(18-21-11-9-10-14-24(21)29)27(33)19-32(39(35,36)23-12-7-6-8-13-23)22-15-16-25(37-3)26(17-22)38-4/h6-17,20H,5,18-19H2,1-4H3,(H,30,34)/t20-/m0/s1. The maximum absolute atomic E-state index is 14.5. The molecule has 0 aliphatic heterocycles. The normalized spacial score (nSPS) is 11.8. The predicted molar refractivity (Wildman–Crippen MR) is 146 cm³/mol. The van der Waals surface area contributed by atoms with Gasteiger partial charge in [-0.25, -0.2) is 12.8 Å². The number of ether oxygens (including phenoxy) is 2. The maximum atomic E-state index is 14.5. The van der Waals surface area contributed by atoms with Crippen LogP contribution in [-0.2, 0) is 26.2 Å². The van der Waals surface area contributed by atoms with Gasteiger partial charge in [0.2, 0.25) is 11.8 Å². The molecule has 3 rings (SSSR count). The van der Waals surface area contributed by atoms with Crippen molar-refractivity contribution in [2.75, 3.05) is 31.6 Å². The van der Waals surface area contributed by atoms with Crippen LogP contribution in [0, 0.1) is 5.82 Å². The SMILES string of the molecule is CCNC(=O)[C@H](C)N(Cc1ccccc1F)C(=O)CN(c1ccc(OC)c(OC)c1)S(=O)(=O)c1ccccc1. The monoisotopic (exact) mass is 557 g/mol. The van der Waals surface area contributed by atoms with E-state index in [0.717, 1.165) is 9.21 Å². The third-order valence-corrected chi connectivity index (χ3v) is 7.87. The van der Waals surface area contributed by atoms with E-state index in [1.54, 1.807) is 31.2 Å². The van der Waals surface area contributed by atoms with Crippen molar-refractivity contribution in [2.24, 2.45) is 0 Å². The van der Waals surface area contributed by atoms with Gasteiger partial charge in [-0.2, -0.15) is 0 Å². The van der Waals surface area contributed by atoms with Gasteiger partial charge in [0.25, 0.3) is 10.0 Å². The fourth-order valence-electron chi connectivity index (χ4n) is 3.94. The molecule has 0 fully saturated rings. The Labute approximate surface area is 228 Å². The number of anilines is 1. The molecule has 0 heterocycles. The summed E-state index contributed by atoms with van der Waals surface area (Å²) in [4.78, 5) is 27.7. The van der Waals surface area contributed by atoms with Gasteiger partial charge in [0.1, 0.15) is 18.4 Å². The lowest BCUT2D eigenvalue weighted by molar-refractivity contribution is -0.139. The molecular weight excluding hydrogens is 525 g/mol. The van der Waals surface area contributed by atoms with Crippen molar-refractivity contribution in [3.05, 3.63) is 84.2 Å². The van der Waals surface area contributed by atoms with Gasteiger partial charge in [-0.3, -0.25) is 13.9 Å². The number of carbonyl (C=O) groups is 2.